The number of ether oxygens (including phenoxy) is 3. The van der Waals surface area contributed by atoms with E-state index in [0.717, 1.165) is 27.0 Å². The number of anilines is 1. The highest BCUT2D eigenvalue weighted by Crippen LogP contribution is 2.60. The minimum absolute atomic E-state index is 0.0310. The molecule has 4 atom stereocenters. The van der Waals surface area contributed by atoms with E-state index < -0.39 is 13.7 Å². The SMILES string of the molecule is COc1ccc([Si](C)(C)[C@@H]2[C@@H](CCO)O[C@]3(C(=O)N(Cc4cccc(-n5cccc(OC)c5=O)c4)c4ccc(Br)cc43)[C@H]2C)cc1. The number of amides is 1. The van der Waals surface area contributed by atoms with Crippen LogP contribution >= 0.6 is 15.9 Å². The van der Waals surface area contributed by atoms with Crippen molar-refractivity contribution in [2.75, 3.05) is 25.7 Å². The summed E-state index contributed by atoms with van der Waals surface area (Å²) in [6.07, 6.45) is 1.84. The van der Waals surface area contributed by atoms with E-state index >= 15 is 0 Å². The number of carbonyl (C=O) groups is 1. The molecule has 1 fully saturated rings. The summed E-state index contributed by atoms with van der Waals surface area (Å²) in [5.74, 6) is 0.778. The summed E-state index contributed by atoms with van der Waals surface area (Å²) in [6, 6.07) is 25.2. The normalized spacial score (nSPS) is 22.4. The molecule has 0 saturated carbocycles. The molecule has 1 amide bonds. The van der Waals surface area contributed by atoms with Crippen LogP contribution in [0.5, 0.6) is 11.5 Å². The number of methoxy groups -OCH3 is 2. The maximum Gasteiger partial charge on any atom is 0.297 e. The second kappa shape index (κ2) is 12.5. The summed E-state index contributed by atoms with van der Waals surface area (Å²) in [7, 11) is 0.862. The average Bonchev–Trinajstić information content (AvgIpc) is 3.47. The lowest BCUT2D eigenvalue weighted by molar-refractivity contribution is -0.146. The van der Waals surface area contributed by atoms with Crippen molar-refractivity contribution in [3.8, 4) is 17.2 Å². The summed E-state index contributed by atoms with van der Waals surface area (Å²) in [6.45, 7) is 7.06. The number of halogens is 1. The van der Waals surface area contributed by atoms with Gasteiger partial charge in [-0.15, -0.1) is 0 Å². The van der Waals surface area contributed by atoms with Gasteiger partial charge in [-0.3, -0.25) is 14.2 Å². The monoisotopic (exact) mass is 702 g/mol. The van der Waals surface area contributed by atoms with Gasteiger partial charge in [-0.05, 0) is 72.1 Å². The van der Waals surface area contributed by atoms with Crippen molar-refractivity contribution in [2.45, 2.75) is 50.2 Å². The van der Waals surface area contributed by atoms with Gasteiger partial charge < -0.3 is 24.2 Å². The molecule has 10 heteroatoms. The largest absolute Gasteiger partial charge is 0.497 e. The Hall–Kier alpha value is -3.70. The highest BCUT2D eigenvalue weighted by molar-refractivity contribution is 9.10. The van der Waals surface area contributed by atoms with Crippen LogP contribution in [-0.4, -0.2) is 50.6 Å². The Balaban J connectivity index is 1.40. The fourth-order valence-electron chi connectivity index (χ4n) is 7.66. The number of hydrogen-bond donors (Lipinski definition) is 1. The standard InChI is InChI=1S/C36H39BrN2O6Si/c1-23-33(46(4,5)28-14-12-27(43-2)13-15-28)31(17-19-40)45-36(23)29-21-25(37)11-16-30(29)39(35(36)42)22-24-8-6-9-26(20-24)38-18-7-10-32(44-3)34(38)41/h6-16,18,20-21,23,31,33,40H,17,19,22H2,1-5H3/t23-,31+,33-,36+/m0/s1. The second-order valence-corrected chi connectivity index (χ2v) is 18.2. The number of aromatic nitrogens is 1. The molecule has 2 aliphatic rings. The molecule has 46 heavy (non-hydrogen) atoms. The maximum atomic E-state index is 14.9. The van der Waals surface area contributed by atoms with E-state index in [-0.39, 0.29) is 41.4 Å². The van der Waals surface area contributed by atoms with Crippen LogP contribution < -0.4 is 25.1 Å². The van der Waals surface area contributed by atoms with Crippen LogP contribution in [-0.2, 0) is 21.7 Å². The number of benzene rings is 3. The van der Waals surface area contributed by atoms with Crippen LogP contribution in [0, 0.1) is 5.92 Å². The average molecular weight is 704 g/mol. The van der Waals surface area contributed by atoms with Gasteiger partial charge in [0.2, 0.25) is 0 Å². The van der Waals surface area contributed by atoms with Crippen LogP contribution in [0.3, 0.4) is 0 Å². The topological polar surface area (TPSA) is 90.2 Å². The number of pyridine rings is 1. The highest BCUT2D eigenvalue weighted by atomic mass is 79.9. The number of nitrogens with zero attached hydrogens (tertiary/aromatic N) is 2. The molecule has 3 aromatic carbocycles. The number of carbonyl (C=O) groups excluding carboxylic acids is 1. The molecule has 8 nitrogen and oxygen atoms in total. The van der Waals surface area contributed by atoms with Crippen molar-refractivity contribution < 1.29 is 24.1 Å². The van der Waals surface area contributed by atoms with Crippen LogP contribution in [0.25, 0.3) is 5.69 Å². The van der Waals surface area contributed by atoms with Crippen LogP contribution in [0.4, 0.5) is 5.69 Å². The summed E-state index contributed by atoms with van der Waals surface area (Å²) in [4.78, 5) is 29.7. The Kier molecular flexibility index (Phi) is 8.75. The fraction of sp³-hybridized carbons (Fsp3) is 0.333. The first-order valence-electron chi connectivity index (χ1n) is 15.5. The summed E-state index contributed by atoms with van der Waals surface area (Å²) >= 11 is 3.66. The van der Waals surface area contributed by atoms with Crippen molar-refractivity contribution in [1.29, 1.82) is 0 Å². The van der Waals surface area contributed by atoms with Crippen molar-refractivity contribution in [1.82, 2.24) is 4.57 Å². The molecule has 1 saturated heterocycles. The fourth-order valence-corrected chi connectivity index (χ4v) is 12.1. The van der Waals surface area contributed by atoms with Gasteiger partial charge in [-0.2, -0.15) is 0 Å². The molecule has 0 radical (unpaired) electrons. The lowest BCUT2D eigenvalue weighted by Crippen LogP contribution is -2.51. The third-order valence-corrected chi connectivity index (χ3v) is 14.7. The van der Waals surface area contributed by atoms with E-state index in [1.165, 1.54) is 12.3 Å². The van der Waals surface area contributed by atoms with E-state index in [0.29, 0.717) is 18.7 Å². The molecule has 3 heterocycles. The van der Waals surface area contributed by atoms with Gasteiger partial charge in [0.1, 0.15) is 5.75 Å². The third kappa shape index (κ3) is 5.21. The zero-order valence-electron chi connectivity index (χ0n) is 26.7. The van der Waals surface area contributed by atoms with Crippen molar-refractivity contribution in [2.24, 2.45) is 5.92 Å². The first-order valence-corrected chi connectivity index (χ1v) is 19.3. The lowest BCUT2D eigenvalue weighted by atomic mass is 9.82. The third-order valence-electron chi connectivity index (χ3n) is 9.87. The molecule has 1 aromatic heterocycles. The molecule has 0 bridgehead atoms. The Bertz CT molecular complexity index is 1830. The number of rotatable bonds is 9. The predicted molar refractivity (Wildman–Crippen MR) is 185 cm³/mol. The molecule has 240 valence electrons. The Morgan fingerprint density at radius 2 is 1.74 bits per heavy atom. The summed E-state index contributed by atoms with van der Waals surface area (Å²) in [5, 5.41) is 11.4. The number of aliphatic hydroxyl groups is 1. The van der Waals surface area contributed by atoms with Crippen LogP contribution in [0.1, 0.15) is 24.5 Å². The molecular formula is C36H39BrN2O6Si. The van der Waals surface area contributed by atoms with Gasteiger partial charge in [-0.25, -0.2) is 0 Å². The second-order valence-electron chi connectivity index (χ2n) is 12.6. The number of aliphatic hydroxyl groups excluding tert-OH is 1. The van der Waals surface area contributed by atoms with E-state index in [4.69, 9.17) is 14.2 Å². The molecule has 6 rings (SSSR count). The lowest BCUT2D eigenvalue weighted by Gasteiger charge is -2.37. The van der Waals surface area contributed by atoms with Gasteiger partial charge in [0.25, 0.3) is 11.5 Å². The molecule has 1 N–H and O–H groups in total. The maximum absolute atomic E-state index is 14.9. The zero-order valence-corrected chi connectivity index (χ0v) is 29.3. The van der Waals surface area contributed by atoms with Gasteiger partial charge in [0, 0.05) is 34.4 Å². The molecule has 0 unspecified atom stereocenters. The number of hydrogen-bond acceptors (Lipinski definition) is 6. The van der Waals surface area contributed by atoms with Crippen molar-refractivity contribution in [3.05, 3.63) is 111 Å². The van der Waals surface area contributed by atoms with Gasteiger partial charge in [0.15, 0.2) is 11.4 Å². The first-order chi connectivity index (χ1) is 22.1. The van der Waals surface area contributed by atoms with Crippen LogP contribution in [0.2, 0.25) is 18.6 Å². The molecule has 2 aliphatic heterocycles. The van der Waals surface area contributed by atoms with E-state index in [1.54, 1.807) is 30.0 Å². The van der Waals surface area contributed by atoms with Crippen molar-refractivity contribution in [3.63, 3.8) is 0 Å². The minimum atomic E-state index is -2.27. The molecule has 1 spiro atoms. The quantitative estimate of drug-likeness (QED) is 0.223. The first kappa shape index (κ1) is 32.2. The smallest absolute Gasteiger partial charge is 0.297 e. The van der Waals surface area contributed by atoms with Crippen LogP contribution in [0.15, 0.2) is 94.3 Å². The Morgan fingerprint density at radius 3 is 2.43 bits per heavy atom. The highest BCUT2D eigenvalue weighted by Gasteiger charge is 2.66. The summed E-state index contributed by atoms with van der Waals surface area (Å²) in [5.41, 5.74) is 1.77. The van der Waals surface area contributed by atoms with E-state index in [1.807, 2.05) is 59.5 Å². The summed E-state index contributed by atoms with van der Waals surface area (Å²) < 4.78 is 20.1. The van der Waals surface area contributed by atoms with Gasteiger partial charge in [0.05, 0.1) is 40.6 Å². The minimum Gasteiger partial charge on any atom is -0.497 e. The Morgan fingerprint density at radius 1 is 0.978 bits per heavy atom. The molecule has 0 aliphatic carbocycles. The van der Waals surface area contributed by atoms with Crippen molar-refractivity contribution >= 4 is 40.8 Å². The van der Waals surface area contributed by atoms with E-state index in [2.05, 4.69) is 48.1 Å². The Labute approximate surface area is 278 Å². The van der Waals surface area contributed by atoms with Gasteiger partial charge in [-0.1, -0.05) is 65.4 Å². The molecule has 4 aromatic rings. The zero-order chi connectivity index (χ0) is 32.8. The van der Waals surface area contributed by atoms with Gasteiger partial charge >= 0.3 is 0 Å². The molecular weight excluding hydrogens is 664 g/mol. The number of fused-ring (bicyclic) bond motifs is 2. The predicted octanol–water partition coefficient (Wildman–Crippen LogP) is 5.76. The van der Waals surface area contributed by atoms with E-state index in [9.17, 15) is 14.7 Å².